The van der Waals surface area contributed by atoms with Gasteiger partial charge in [-0.2, -0.15) is 5.10 Å². The van der Waals surface area contributed by atoms with Crippen molar-refractivity contribution in [2.24, 2.45) is 5.73 Å². The molecule has 3 nitrogen and oxygen atoms in total. The van der Waals surface area contributed by atoms with Crippen LogP contribution < -0.4 is 5.73 Å². The van der Waals surface area contributed by atoms with Gasteiger partial charge in [-0.1, -0.05) is 20.8 Å². The van der Waals surface area contributed by atoms with E-state index in [1.807, 2.05) is 6.20 Å². The lowest BCUT2D eigenvalue weighted by Crippen LogP contribution is -2.22. The molecule has 0 aromatic carbocycles. The van der Waals surface area contributed by atoms with Crippen molar-refractivity contribution in [3.8, 4) is 0 Å². The second-order valence-electron chi connectivity index (χ2n) is 5.01. The Labute approximate surface area is 86.3 Å². The largest absolute Gasteiger partial charge is 0.326 e. The van der Waals surface area contributed by atoms with Crippen LogP contribution in [0.5, 0.6) is 0 Å². The highest BCUT2D eigenvalue weighted by molar-refractivity contribution is 5.25. The minimum atomic E-state index is 0.107. The van der Waals surface area contributed by atoms with Crippen molar-refractivity contribution in [1.82, 2.24) is 9.78 Å². The van der Waals surface area contributed by atoms with Crippen LogP contribution in [0.2, 0.25) is 0 Å². The first-order valence-electron chi connectivity index (χ1n) is 5.15. The molecule has 1 rings (SSSR count). The first kappa shape index (κ1) is 11.2. The van der Waals surface area contributed by atoms with Crippen LogP contribution in [0.15, 0.2) is 6.20 Å². The molecule has 0 spiro atoms. The van der Waals surface area contributed by atoms with Gasteiger partial charge in [-0.25, -0.2) is 0 Å². The summed E-state index contributed by atoms with van der Waals surface area (Å²) in [4.78, 5) is 0. The Balaban J connectivity index is 3.27. The van der Waals surface area contributed by atoms with Crippen molar-refractivity contribution < 1.29 is 0 Å². The molecule has 3 heteroatoms. The van der Waals surface area contributed by atoms with E-state index in [1.165, 1.54) is 5.69 Å². The van der Waals surface area contributed by atoms with Crippen LogP contribution >= 0.6 is 0 Å². The van der Waals surface area contributed by atoms with Crippen LogP contribution in [0, 0.1) is 0 Å². The van der Waals surface area contributed by atoms with Crippen molar-refractivity contribution in [2.75, 3.05) is 0 Å². The predicted octanol–water partition coefficient (Wildman–Crippen LogP) is 2.22. The molecule has 0 aliphatic carbocycles. The van der Waals surface area contributed by atoms with E-state index >= 15 is 0 Å². The fourth-order valence-electron chi connectivity index (χ4n) is 1.76. The van der Waals surface area contributed by atoms with Crippen LogP contribution in [0.25, 0.3) is 0 Å². The molecule has 1 heterocycles. The van der Waals surface area contributed by atoms with E-state index in [0.717, 1.165) is 5.56 Å². The highest BCUT2D eigenvalue weighted by atomic mass is 15.3. The lowest BCUT2D eigenvalue weighted by atomic mass is 9.89. The molecule has 0 fully saturated rings. The molecule has 0 aliphatic rings. The van der Waals surface area contributed by atoms with E-state index in [0.29, 0.717) is 12.6 Å². The van der Waals surface area contributed by atoms with Crippen molar-refractivity contribution in [3.63, 3.8) is 0 Å². The van der Waals surface area contributed by atoms with Gasteiger partial charge < -0.3 is 5.73 Å². The van der Waals surface area contributed by atoms with Crippen LogP contribution in [0.4, 0.5) is 0 Å². The molecule has 0 saturated carbocycles. The SMILES string of the molecule is CC(C)n1ncc(CN)c1C(C)(C)C. The molecule has 0 radical (unpaired) electrons. The maximum absolute atomic E-state index is 5.71. The summed E-state index contributed by atoms with van der Waals surface area (Å²) in [5.41, 5.74) is 8.23. The van der Waals surface area contributed by atoms with Gasteiger partial charge in [0.2, 0.25) is 0 Å². The first-order chi connectivity index (χ1) is 6.38. The van der Waals surface area contributed by atoms with E-state index in [1.54, 1.807) is 0 Å². The van der Waals surface area contributed by atoms with Crippen LogP contribution in [-0.2, 0) is 12.0 Å². The van der Waals surface area contributed by atoms with Gasteiger partial charge in [0.1, 0.15) is 0 Å². The summed E-state index contributed by atoms with van der Waals surface area (Å²) in [7, 11) is 0. The summed E-state index contributed by atoms with van der Waals surface area (Å²) in [5.74, 6) is 0. The fourth-order valence-corrected chi connectivity index (χ4v) is 1.76. The maximum atomic E-state index is 5.71. The Morgan fingerprint density at radius 2 is 2.00 bits per heavy atom. The van der Waals surface area contributed by atoms with Gasteiger partial charge in [0.05, 0.1) is 6.20 Å². The third-order valence-electron chi connectivity index (χ3n) is 2.29. The van der Waals surface area contributed by atoms with E-state index < -0.39 is 0 Å². The van der Waals surface area contributed by atoms with Gasteiger partial charge in [-0.3, -0.25) is 4.68 Å². The lowest BCUT2D eigenvalue weighted by Gasteiger charge is -2.24. The Morgan fingerprint density at radius 1 is 1.43 bits per heavy atom. The molecule has 0 atom stereocenters. The molecule has 80 valence electrons. The molecule has 0 unspecified atom stereocenters. The van der Waals surface area contributed by atoms with Gasteiger partial charge in [0.25, 0.3) is 0 Å². The zero-order valence-electron chi connectivity index (χ0n) is 9.83. The van der Waals surface area contributed by atoms with Crippen LogP contribution in [-0.4, -0.2) is 9.78 Å². The minimum absolute atomic E-state index is 0.107. The lowest BCUT2D eigenvalue weighted by molar-refractivity contribution is 0.443. The molecule has 0 aliphatic heterocycles. The molecule has 1 aromatic heterocycles. The summed E-state index contributed by atoms with van der Waals surface area (Å²) in [6, 6.07) is 0.393. The Morgan fingerprint density at radius 3 is 2.36 bits per heavy atom. The predicted molar refractivity (Wildman–Crippen MR) is 59.2 cm³/mol. The minimum Gasteiger partial charge on any atom is -0.326 e. The first-order valence-corrected chi connectivity index (χ1v) is 5.15. The zero-order valence-corrected chi connectivity index (χ0v) is 9.83. The van der Waals surface area contributed by atoms with Gasteiger partial charge in [-0.15, -0.1) is 0 Å². The van der Waals surface area contributed by atoms with Gasteiger partial charge in [0.15, 0.2) is 0 Å². The van der Waals surface area contributed by atoms with E-state index in [2.05, 4.69) is 44.4 Å². The fraction of sp³-hybridized carbons (Fsp3) is 0.727. The second-order valence-corrected chi connectivity index (χ2v) is 5.01. The van der Waals surface area contributed by atoms with E-state index in [9.17, 15) is 0 Å². The van der Waals surface area contributed by atoms with E-state index in [-0.39, 0.29) is 5.41 Å². The third-order valence-corrected chi connectivity index (χ3v) is 2.29. The molecule has 0 saturated heterocycles. The number of hydrogen-bond donors (Lipinski definition) is 1. The Hall–Kier alpha value is -0.830. The molecular formula is C11H21N3. The summed E-state index contributed by atoms with van der Waals surface area (Å²) in [6.45, 7) is 11.4. The highest BCUT2D eigenvalue weighted by Gasteiger charge is 2.23. The number of rotatable bonds is 2. The Kier molecular flexibility index (Phi) is 3.00. The summed E-state index contributed by atoms with van der Waals surface area (Å²) in [5, 5.41) is 4.39. The van der Waals surface area contributed by atoms with Crippen molar-refractivity contribution in [3.05, 3.63) is 17.5 Å². The standard InChI is InChI=1S/C11H21N3/c1-8(2)14-10(11(3,4)5)9(6-12)7-13-14/h7-8H,6,12H2,1-5H3. The highest BCUT2D eigenvalue weighted by Crippen LogP contribution is 2.27. The summed E-state index contributed by atoms with van der Waals surface area (Å²) in [6.07, 6.45) is 1.89. The average molecular weight is 195 g/mol. The Bertz CT molecular complexity index is 305. The van der Waals surface area contributed by atoms with Gasteiger partial charge in [-0.05, 0) is 13.8 Å². The topological polar surface area (TPSA) is 43.8 Å². The van der Waals surface area contributed by atoms with Crippen molar-refractivity contribution in [1.29, 1.82) is 0 Å². The number of nitrogens with two attached hydrogens (primary N) is 1. The summed E-state index contributed by atoms with van der Waals surface area (Å²) < 4.78 is 2.07. The van der Waals surface area contributed by atoms with E-state index in [4.69, 9.17) is 5.73 Å². The number of hydrogen-bond acceptors (Lipinski definition) is 2. The number of aromatic nitrogens is 2. The molecule has 1 aromatic rings. The molecular weight excluding hydrogens is 174 g/mol. The molecule has 2 N–H and O–H groups in total. The monoisotopic (exact) mass is 195 g/mol. The smallest absolute Gasteiger partial charge is 0.0537 e. The van der Waals surface area contributed by atoms with Gasteiger partial charge in [0, 0.05) is 29.3 Å². The quantitative estimate of drug-likeness (QED) is 0.786. The molecule has 0 bridgehead atoms. The van der Waals surface area contributed by atoms with Crippen molar-refractivity contribution >= 4 is 0 Å². The van der Waals surface area contributed by atoms with Crippen LogP contribution in [0.3, 0.4) is 0 Å². The summed E-state index contributed by atoms with van der Waals surface area (Å²) >= 11 is 0. The van der Waals surface area contributed by atoms with Gasteiger partial charge >= 0.3 is 0 Å². The van der Waals surface area contributed by atoms with Crippen molar-refractivity contribution in [2.45, 2.75) is 52.6 Å². The average Bonchev–Trinajstić information content (AvgIpc) is 2.45. The molecule has 0 amide bonds. The second kappa shape index (κ2) is 3.73. The molecule has 14 heavy (non-hydrogen) atoms. The number of nitrogens with zero attached hydrogens (tertiary/aromatic N) is 2. The zero-order chi connectivity index (χ0) is 10.9. The third kappa shape index (κ3) is 1.98. The normalized spacial score (nSPS) is 12.5. The maximum Gasteiger partial charge on any atom is 0.0537 e. The van der Waals surface area contributed by atoms with Crippen LogP contribution in [0.1, 0.15) is 51.9 Å².